The minimum absolute atomic E-state index is 0.145. The molecular weight excluding hydrogens is 302 g/mol. The molecule has 2 aromatic carbocycles. The number of carbonyl (C=O) groups is 1. The van der Waals surface area contributed by atoms with Gasteiger partial charge in [0.25, 0.3) is 5.91 Å². The first-order chi connectivity index (χ1) is 11.8. The van der Waals surface area contributed by atoms with E-state index in [-0.39, 0.29) is 5.91 Å². The summed E-state index contributed by atoms with van der Waals surface area (Å²) in [6, 6.07) is 15.1. The zero-order valence-electron chi connectivity index (χ0n) is 13.5. The van der Waals surface area contributed by atoms with Crippen molar-refractivity contribution in [3.05, 3.63) is 66.1 Å². The van der Waals surface area contributed by atoms with Crippen LogP contribution in [0, 0.1) is 0 Å². The van der Waals surface area contributed by atoms with E-state index in [1.54, 1.807) is 24.3 Å². The molecule has 24 heavy (non-hydrogen) atoms. The highest BCUT2D eigenvalue weighted by Gasteiger charge is 2.08. The van der Waals surface area contributed by atoms with E-state index in [4.69, 9.17) is 4.42 Å². The fraction of sp³-hybridized carbons (Fsp3) is 0.211. The number of amides is 1. The summed E-state index contributed by atoms with van der Waals surface area (Å²) >= 11 is 0. The highest BCUT2D eigenvalue weighted by atomic mass is 16.4. The summed E-state index contributed by atoms with van der Waals surface area (Å²) in [7, 11) is 0. The Labute approximate surface area is 140 Å². The second-order valence-corrected chi connectivity index (χ2v) is 5.58. The molecule has 0 unspecified atom stereocenters. The van der Waals surface area contributed by atoms with E-state index in [1.807, 2.05) is 12.1 Å². The van der Waals surface area contributed by atoms with Gasteiger partial charge in [-0.15, -0.1) is 10.2 Å². The molecule has 0 fully saturated rings. The van der Waals surface area contributed by atoms with Gasteiger partial charge < -0.3 is 9.73 Å². The van der Waals surface area contributed by atoms with Crippen molar-refractivity contribution < 1.29 is 9.21 Å². The molecule has 3 rings (SSSR count). The van der Waals surface area contributed by atoms with Crippen LogP contribution in [-0.2, 0) is 6.42 Å². The van der Waals surface area contributed by atoms with E-state index in [9.17, 15) is 4.79 Å². The van der Waals surface area contributed by atoms with Crippen LogP contribution < -0.4 is 5.32 Å². The first-order valence-electron chi connectivity index (χ1n) is 8.03. The minimum Gasteiger partial charge on any atom is -0.423 e. The largest absolute Gasteiger partial charge is 0.423 e. The maximum absolute atomic E-state index is 12.3. The first kappa shape index (κ1) is 15.9. The number of hydrogen-bond acceptors (Lipinski definition) is 4. The molecule has 1 N–H and O–H groups in total. The molecule has 1 aromatic heterocycles. The maximum Gasteiger partial charge on any atom is 0.255 e. The van der Waals surface area contributed by atoms with Crippen LogP contribution in [0.4, 0.5) is 5.69 Å². The number of rotatable bonds is 6. The van der Waals surface area contributed by atoms with Crippen molar-refractivity contribution in [2.45, 2.75) is 26.2 Å². The summed E-state index contributed by atoms with van der Waals surface area (Å²) in [6.07, 6.45) is 4.71. The second-order valence-electron chi connectivity index (χ2n) is 5.58. The Morgan fingerprint density at radius 2 is 1.83 bits per heavy atom. The molecule has 0 aliphatic rings. The number of nitrogens with one attached hydrogen (secondary N) is 1. The van der Waals surface area contributed by atoms with Crippen LogP contribution in [0.25, 0.3) is 11.5 Å². The van der Waals surface area contributed by atoms with Crippen LogP contribution in [0.3, 0.4) is 0 Å². The number of anilines is 1. The third kappa shape index (κ3) is 3.87. The Morgan fingerprint density at radius 1 is 1.08 bits per heavy atom. The minimum atomic E-state index is -0.145. The Kier molecular flexibility index (Phi) is 5.01. The lowest BCUT2D eigenvalue weighted by molar-refractivity contribution is 0.102. The average molecular weight is 321 g/mol. The van der Waals surface area contributed by atoms with Gasteiger partial charge in [-0.1, -0.05) is 25.5 Å². The molecule has 0 atom stereocenters. The van der Waals surface area contributed by atoms with Gasteiger partial charge in [0.1, 0.15) is 0 Å². The van der Waals surface area contributed by atoms with Gasteiger partial charge >= 0.3 is 0 Å². The molecule has 0 spiro atoms. The molecule has 0 bridgehead atoms. The van der Waals surface area contributed by atoms with Crippen molar-refractivity contribution in [2.24, 2.45) is 0 Å². The number of hydrogen-bond donors (Lipinski definition) is 1. The SMILES string of the molecule is CCCCc1ccc(NC(=O)c2ccc(-c3nnco3)cc2)cc1. The second kappa shape index (κ2) is 7.55. The van der Waals surface area contributed by atoms with Crippen LogP contribution >= 0.6 is 0 Å². The molecule has 1 amide bonds. The van der Waals surface area contributed by atoms with Crippen LogP contribution in [0.5, 0.6) is 0 Å². The van der Waals surface area contributed by atoms with Gasteiger partial charge in [0, 0.05) is 16.8 Å². The molecule has 1 heterocycles. The van der Waals surface area contributed by atoms with Crippen molar-refractivity contribution in [1.29, 1.82) is 0 Å². The molecule has 0 saturated heterocycles. The summed E-state index contributed by atoms with van der Waals surface area (Å²) in [5.41, 5.74) is 3.44. The molecule has 5 nitrogen and oxygen atoms in total. The monoisotopic (exact) mass is 321 g/mol. The fourth-order valence-electron chi connectivity index (χ4n) is 2.40. The van der Waals surface area contributed by atoms with Crippen LogP contribution in [-0.4, -0.2) is 16.1 Å². The quantitative estimate of drug-likeness (QED) is 0.733. The topological polar surface area (TPSA) is 68.0 Å². The number of carbonyl (C=O) groups excluding carboxylic acids is 1. The van der Waals surface area contributed by atoms with E-state index in [0.29, 0.717) is 11.5 Å². The fourth-order valence-corrected chi connectivity index (χ4v) is 2.40. The van der Waals surface area contributed by atoms with Crippen molar-refractivity contribution in [1.82, 2.24) is 10.2 Å². The summed E-state index contributed by atoms with van der Waals surface area (Å²) in [4.78, 5) is 12.3. The predicted octanol–water partition coefficient (Wildman–Crippen LogP) is 4.33. The number of unbranched alkanes of at least 4 members (excludes halogenated alkanes) is 1. The summed E-state index contributed by atoms with van der Waals surface area (Å²) < 4.78 is 5.13. The van der Waals surface area contributed by atoms with Crippen molar-refractivity contribution in [3.8, 4) is 11.5 Å². The highest BCUT2D eigenvalue weighted by Crippen LogP contribution is 2.18. The van der Waals surface area contributed by atoms with Gasteiger partial charge in [-0.2, -0.15) is 0 Å². The Hall–Kier alpha value is -2.95. The Balaban J connectivity index is 1.64. The number of nitrogens with zero attached hydrogens (tertiary/aromatic N) is 2. The lowest BCUT2D eigenvalue weighted by Gasteiger charge is -2.07. The lowest BCUT2D eigenvalue weighted by atomic mass is 10.1. The molecule has 5 heteroatoms. The smallest absolute Gasteiger partial charge is 0.255 e. The highest BCUT2D eigenvalue weighted by molar-refractivity contribution is 6.04. The zero-order valence-corrected chi connectivity index (χ0v) is 13.5. The first-order valence-corrected chi connectivity index (χ1v) is 8.03. The normalized spacial score (nSPS) is 10.5. The molecule has 3 aromatic rings. The predicted molar refractivity (Wildman–Crippen MR) is 92.7 cm³/mol. The molecule has 0 aliphatic heterocycles. The van der Waals surface area contributed by atoms with E-state index in [0.717, 1.165) is 17.7 Å². The number of benzene rings is 2. The average Bonchev–Trinajstić information content (AvgIpc) is 3.16. The molecule has 0 saturated carbocycles. The van der Waals surface area contributed by atoms with E-state index in [2.05, 4.69) is 34.6 Å². The van der Waals surface area contributed by atoms with Gasteiger partial charge in [-0.3, -0.25) is 4.79 Å². The standard InChI is InChI=1S/C19H19N3O2/c1-2-3-4-14-5-11-17(12-6-14)21-18(23)15-7-9-16(10-8-15)19-22-20-13-24-19/h5-13H,2-4H2,1H3,(H,21,23). The Bertz CT molecular complexity index is 778. The molecule has 0 radical (unpaired) electrons. The van der Waals surface area contributed by atoms with Gasteiger partial charge in [0.15, 0.2) is 0 Å². The van der Waals surface area contributed by atoms with Crippen molar-refractivity contribution in [3.63, 3.8) is 0 Å². The van der Waals surface area contributed by atoms with Crippen molar-refractivity contribution in [2.75, 3.05) is 5.32 Å². The van der Waals surface area contributed by atoms with Crippen LogP contribution in [0.2, 0.25) is 0 Å². The zero-order chi connectivity index (χ0) is 16.8. The van der Waals surface area contributed by atoms with E-state index in [1.165, 1.54) is 24.8 Å². The van der Waals surface area contributed by atoms with Crippen LogP contribution in [0.1, 0.15) is 35.7 Å². The number of aromatic nitrogens is 2. The maximum atomic E-state index is 12.3. The summed E-state index contributed by atoms with van der Waals surface area (Å²) in [5.74, 6) is 0.290. The lowest BCUT2D eigenvalue weighted by Crippen LogP contribution is -2.11. The van der Waals surface area contributed by atoms with Gasteiger partial charge in [0.05, 0.1) is 0 Å². The Morgan fingerprint density at radius 3 is 2.46 bits per heavy atom. The summed E-state index contributed by atoms with van der Waals surface area (Å²) in [5, 5.41) is 10.4. The summed E-state index contributed by atoms with van der Waals surface area (Å²) in [6.45, 7) is 2.18. The number of aryl methyl sites for hydroxylation is 1. The third-order valence-corrected chi connectivity index (χ3v) is 3.78. The molecular formula is C19H19N3O2. The van der Waals surface area contributed by atoms with Gasteiger partial charge in [-0.25, -0.2) is 0 Å². The van der Waals surface area contributed by atoms with Gasteiger partial charge in [0.2, 0.25) is 12.3 Å². The molecule has 122 valence electrons. The van der Waals surface area contributed by atoms with Crippen molar-refractivity contribution >= 4 is 11.6 Å². The van der Waals surface area contributed by atoms with E-state index < -0.39 is 0 Å². The van der Waals surface area contributed by atoms with Gasteiger partial charge in [-0.05, 0) is 54.8 Å². The van der Waals surface area contributed by atoms with E-state index >= 15 is 0 Å². The third-order valence-electron chi connectivity index (χ3n) is 3.78. The molecule has 0 aliphatic carbocycles. The van der Waals surface area contributed by atoms with Crippen LogP contribution in [0.15, 0.2) is 59.3 Å².